The first-order valence-corrected chi connectivity index (χ1v) is 3.41. The van der Waals surface area contributed by atoms with E-state index in [1.807, 2.05) is 0 Å². The molecule has 0 amide bonds. The van der Waals surface area contributed by atoms with Crippen molar-refractivity contribution in [3.8, 4) is 5.75 Å². The van der Waals surface area contributed by atoms with Crippen molar-refractivity contribution in [2.75, 3.05) is 0 Å². The number of phenols is 1. The summed E-state index contributed by atoms with van der Waals surface area (Å²) in [5.74, 6) is -2.42. The van der Waals surface area contributed by atoms with Crippen LogP contribution >= 0.6 is 0 Å². The summed E-state index contributed by atoms with van der Waals surface area (Å²) in [6.45, 7) is 0. The summed E-state index contributed by atoms with van der Waals surface area (Å²) in [5, 5.41) is 8.84. The summed E-state index contributed by atoms with van der Waals surface area (Å²) < 4.78 is 48.8. The predicted octanol–water partition coefficient (Wildman–Crippen LogP) is 2.36. The third-order valence-corrected chi connectivity index (χ3v) is 1.55. The number of hydrogen-bond acceptors (Lipinski definition) is 2. The second-order valence-corrected chi connectivity index (χ2v) is 2.51. The molecule has 0 aliphatic rings. The number of aldehydes is 1. The monoisotopic (exact) mass is 208 g/mol. The minimum Gasteiger partial charge on any atom is -0.507 e. The van der Waals surface area contributed by atoms with E-state index in [-0.39, 0.29) is 18.4 Å². The van der Waals surface area contributed by atoms with Crippen LogP contribution in [0.2, 0.25) is 0 Å². The molecule has 0 unspecified atom stereocenters. The number of rotatable bonds is 1. The molecule has 0 radical (unpaired) electrons. The first-order chi connectivity index (χ1) is 6.36. The highest BCUT2D eigenvalue weighted by molar-refractivity contribution is 5.79. The maximum atomic E-state index is 12.7. The number of benzene rings is 1. The Labute approximate surface area is 75.8 Å². The van der Waals surface area contributed by atoms with Crippen LogP contribution in [0.1, 0.15) is 15.9 Å². The Bertz CT molecular complexity index is 370. The molecule has 0 aliphatic carbocycles. The maximum Gasteiger partial charge on any atom is 0.419 e. The van der Waals surface area contributed by atoms with Gasteiger partial charge >= 0.3 is 6.18 Å². The number of carbonyl (C=O) groups excluding carboxylic acids is 1. The van der Waals surface area contributed by atoms with Gasteiger partial charge in [0.25, 0.3) is 0 Å². The van der Waals surface area contributed by atoms with Gasteiger partial charge in [-0.2, -0.15) is 13.2 Å². The van der Waals surface area contributed by atoms with Crippen molar-refractivity contribution in [1.29, 1.82) is 0 Å². The van der Waals surface area contributed by atoms with E-state index in [1.165, 1.54) is 0 Å². The van der Waals surface area contributed by atoms with E-state index in [2.05, 4.69) is 0 Å². The number of carbonyl (C=O) groups is 1. The van der Waals surface area contributed by atoms with Gasteiger partial charge in [-0.3, -0.25) is 4.79 Å². The van der Waals surface area contributed by atoms with Gasteiger partial charge in [0.2, 0.25) is 0 Å². The molecule has 0 heterocycles. The zero-order valence-corrected chi connectivity index (χ0v) is 6.60. The van der Waals surface area contributed by atoms with Crippen molar-refractivity contribution >= 4 is 6.29 Å². The quantitative estimate of drug-likeness (QED) is 0.568. The third kappa shape index (κ3) is 1.84. The Morgan fingerprint density at radius 1 is 1.29 bits per heavy atom. The van der Waals surface area contributed by atoms with Crippen LogP contribution in [0.15, 0.2) is 12.1 Å². The highest BCUT2D eigenvalue weighted by Gasteiger charge is 2.34. The van der Waals surface area contributed by atoms with Crippen LogP contribution in [0, 0.1) is 5.82 Å². The van der Waals surface area contributed by atoms with Crippen molar-refractivity contribution in [2.24, 2.45) is 0 Å². The zero-order valence-electron chi connectivity index (χ0n) is 6.60. The van der Waals surface area contributed by atoms with E-state index in [4.69, 9.17) is 5.11 Å². The van der Waals surface area contributed by atoms with Crippen LogP contribution in [-0.2, 0) is 6.18 Å². The Kier molecular flexibility index (Phi) is 2.46. The van der Waals surface area contributed by atoms with Crippen molar-refractivity contribution in [3.63, 3.8) is 0 Å². The van der Waals surface area contributed by atoms with Crippen molar-refractivity contribution in [3.05, 3.63) is 29.1 Å². The lowest BCUT2D eigenvalue weighted by atomic mass is 10.1. The van der Waals surface area contributed by atoms with Gasteiger partial charge in [-0.25, -0.2) is 4.39 Å². The summed E-state index contributed by atoms with van der Waals surface area (Å²) in [5.41, 5.74) is -2.17. The molecule has 0 atom stereocenters. The highest BCUT2D eigenvalue weighted by atomic mass is 19.4. The smallest absolute Gasteiger partial charge is 0.419 e. The average molecular weight is 208 g/mol. The molecule has 0 bridgehead atoms. The fraction of sp³-hybridized carbons (Fsp3) is 0.125. The van der Waals surface area contributed by atoms with E-state index in [9.17, 15) is 22.4 Å². The van der Waals surface area contributed by atoms with Gasteiger partial charge in [0, 0.05) is 6.07 Å². The first kappa shape index (κ1) is 10.5. The lowest BCUT2D eigenvalue weighted by molar-refractivity contribution is -0.140. The summed E-state index contributed by atoms with van der Waals surface area (Å²) >= 11 is 0. The van der Waals surface area contributed by atoms with Gasteiger partial charge in [0.15, 0.2) is 6.29 Å². The van der Waals surface area contributed by atoms with Crippen molar-refractivity contribution in [2.45, 2.75) is 6.18 Å². The molecule has 1 aromatic carbocycles. The van der Waals surface area contributed by atoms with Crippen LogP contribution in [0.25, 0.3) is 0 Å². The summed E-state index contributed by atoms with van der Waals surface area (Å²) in [6, 6.07) is 0.518. The summed E-state index contributed by atoms with van der Waals surface area (Å²) in [6.07, 6.45) is -4.86. The molecule has 0 aliphatic heterocycles. The fourth-order valence-corrected chi connectivity index (χ4v) is 0.891. The number of phenolic OH excluding ortho intramolecular Hbond substituents is 1. The topological polar surface area (TPSA) is 37.3 Å². The highest BCUT2D eigenvalue weighted by Crippen LogP contribution is 2.34. The molecule has 1 rings (SSSR count). The van der Waals surface area contributed by atoms with E-state index in [0.29, 0.717) is 0 Å². The lowest BCUT2D eigenvalue weighted by Gasteiger charge is -2.08. The van der Waals surface area contributed by atoms with Gasteiger partial charge in [-0.05, 0) is 6.07 Å². The molecule has 76 valence electrons. The minimum absolute atomic E-state index is 0.0179. The standard InChI is InChI=1S/C8H4F4O2/c9-6-2-7(14)4(3-13)1-5(6)8(10,11)12/h1-3,14H. The van der Waals surface area contributed by atoms with Crippen LogP contribution in [0.4, 0.5) is 17.6 Å². The van der Waals surface area contributed by atoms with Crippen molar-refractivity contribution in [1.82, 2.24) is 0 Å². The second-order valence-electron chi connectivity index (χ2n) is 2.51. The molecule has 2 nitrogen and oxygen atoms in total. The molecular formula is C8H4F4O2. The number of aromatic hydroxyl groups is 1. The van der Waals surface area contributed by atoms with E-state index >= 15 is 0 Å². The van der Waals surface area contributed by atoms with Gasteiger partial charge in [0.1, 0.15) is 11.6 Å². The summed E-state index contributed by atoms with van der Waals surface area (Å²) in [4.78, 5) is 10.2. The molecule has 0 saturated carbocycles. The number of alkyl halides is 3. The zero-order chi connectivity index (χ0) is 10.9. The molecule has 1 aromatic rings. The second kappa shape index (κ2) is 3.28. The van der Waals surface area contributed by atoms with Gasteiger partial charge in [-0.15, -0.1) is 0 Å². The molecular weight excluding hydrogens is 204 g/mol. The van der Waals surface area contributed by atoms with Gasteiger partial charge in [0.05, 0.1) is 11.1 Å². The molecule has 0 aromatic heterocycles. The lowest BCUT2D eigenvalue weighted by Crippen LogP contribution is -2.08. The Balaban J connectivity index is 3.39. The van der Waals surface area contributed by atoms with E-state index in [0.717, 1.165) is 0 Å². The number of halogens is 4. The minimum atomic E-state index is -4.88. The SMILES string of the molecule is O=Cc1cc(C(F)(F)F)c(F)cc1O. The van der Waals surface area contributed by atoms with Gasteiger partial charge < -0.3 is 5.11 Å². The van der Waals surface area contributed by atoms with E-state index in [1.54, 1.807) is 0 Å². The van der Waals surface area contributed by atoms with Crippen LogP contribution in [0.3, 0.4) is 0 Å². The number of hydrogen-bond donors (Lipinski definition) is 1. The van der Waals surface area contributed by atoms with Crippen LogP contribution in [0.5, 0.6) is 5.75 Å². The van der Waals surface area contributed by atoms with Crippen LogP contribution in [-0.4, -0.2) is 11.4 Å². The molecule has 0 fully saturated rings. The Morgan fingerprint density at radius 2 is 1.86 bits per heavy atom. The molecule has 14 heavy (non-hydrogen) atoms. The van der Waals surface area contributed by atoms with Crippen molar-refractivity contribution < 1.29 is 27.5 Å². The molecule has 6 heteroatoms. The van der Waals surface area contributed by atoms with Crippen LogP contribution < -0.4 is 0 Å². The average Bonchev–Trinajstić information content (AvgIpc) is 2.02. The third-order valence-electron chi connectivity index (χ3n) is 1.55. The molecule has 0 spiro atoms. The maximum absolute atomic E-state index is 12.7. The Hall–Kier alpha value is -1.59. The summed E-state index contributed by atoms with van der Waals surface area (Å²) in [7, 11) is 0. The molecule has 1 N–H and O–H groups in total. The first-order valence-electron chi connectivity index (χ1n) is 3.41. The fourth-order valence-electron chi connectivity index (χ4n) is 0.891. The largest absolute Gasteiger partial charge is 0.507 e. The Morgan fingerprint density at radius 3 is 2.29 bits per heavy atom. The predicted molar refractivity (Wildman–Crippen MR) is 38.5 cm³/mol. The van der Waals surface area contributed by atoms with E-state index < -0.39 is 28.9 Å². The molecule has 0 saturated heterocycles. The van der Waals surface area contributed by atoms with Gasteiger partial charge in [-0.1, -0.05) is 0 Å². The normalized spacial score (nSPS) is 11.4.